The molecule has 0 aliphatic rings. The van der Waals surface area contributed by atoms with Crippen molar-refractivity contribution in [1.29, 1.82) is 0 Å². The Morgan fingerprint density at radius 3 is 2.78 bits per heavy atom. The summed E-state index contributed by atoms with van der Waals surface area (Å²) in [5.74, 6) is -0.588. The maximum atomic E-state index is 11.1. The van der Waals surface area contributed by atoms with Gasteiger partial charge in [-0.15, -0.1) is 0 Å². The number of aliphatic carboxylic acids is 1. The average Bonchev–Trinajstić information content (AvgIpc) is 2.78. The van der Waals surface area contributed by atoms with Gasteiger partial charge in [-0.2, -0.15) is 0 Å². The van der Waals surface area contributed by atoms with Crippen molar-refractivity contribution in [3.05, 3.63) is 41.2 Å². The lowest BCUT2D eigenvalue weighted by molar-refractivity contribution is -0.142. The molecule has 0 unspecified atom stereocenters. The molecule has 0 radical (unpaired) electrons. The number of benzene rings is 1. The summed E-state index contributed by atoms with van der Waals surface area (Å²) < 4.78 is 5.31. The summed E-state index contributed by atoms with van der Waals surface area (Å²) in [7, 11) is 0. The van der Waals surface area contributed by atoms with Crippen molar-refractivity contribution in [3.8, 4) is 11.5 Å². The van der Waals surface area contributed by atoms with E-state index in [1.54, 1.807) is 38.1 Å². The number of carboxylic acids is 1. The van der Waals surface area contributed by atoms with Gasteiger partial charge in [-0.05, 0) is 32.0 Å². The monoisotopic (exact) mass is 265 g/mol. The predicted octanol–water partition coefficient (Wildman–Crippen LogP) is 3.36. The van der Waals surface area contributed by atoms with Crippen LogP contribution in [-0.2, 0) is 10.2 Å². The Morgan fingerprint density at radius 2 is 2.17 bits per heavy atom. The summed E-state index contributed by atoms with van der Waals surface area (Å²) in [5.41, 5.74) is 0.0141. The number of hydrogen-bond acceptors (Lipinski definition) is 3. The molecule has 1 heterocycles. The van der Waals surface area contributed by atoms with Crippen LogP contribution in [0.1, 0.15) is 19.5 Å². The molecule has 1 aromatic heterocycles. The highest BCUT2D eigenvalue weighted by atomic mass is 35.5. The lowest BCUT2D eigenvalue weighted by atomic mass is 9.90. The summed E-state index contributed by atoms with van der Waals surface area (Å²) in [6, 6.07) is 7.04. The Balaban J connectivity index is 2.40. The molecule has 0 amide bonds. The van der Waals surface area contributed by atoms with Gasteiger partial charge >= 0.3 is 5.97 Å². The minimum atomic E-state index is -1.08. The zero-order valence-corrected chi connectivity index (χ0v) is 10.7. The number of carboxylic acid groups (broad SMARTS) is 1. The van der Waals surface area contributed by atoms with E-state index >= 15 is 0 Å². The highest BCUT2D eigenvalue weighted by Crippen LogP contribution is 2.27. The minimum absolute atomic E-state index is 0.363. The molecule has 0 bridgehead atoms. The summed E-state index contributed by atoms with van der Waals surface area (Å²) in [4.78, 5) is 15.3. The second-order valence-electron chi connectivity index (χ2n) is 4.48. The number of hydrogen-bond donors (Lipinski definition) is 1. The topological polar surface area (TPSA) is 63.3 Å². The number of rotatable bonds is 3. The summed E-state index contributed by atoms with van der Waals surface area (Å²) in [6.07, 6.45) is 1.37. The molecule has 4 nitrogen and oxygen atoms in total. The lowest BCUT2D eigenvalue weighted by Gasteiger charge is -2.14. The van der Waals surface area contributed by atoms with Gasteiger partial charge in [-0.1, -0.05) is 17.7 Å². The molecule has 0 aliphatic carbocycles. The van der Waals surface area contributed by atoms with E-state index in [0.717, 1.165) is 5.56 Å². The summed E-state index contributed by atoms with van der Waals surface area (Å²) >= 11 is 5.88. The van der Waals surface area contributed by atoms with Crippen LogP contribution < -0.4 is 0 Å². The largest absolute Gasteiger partial charge is 0.481 e. The number of aromatic nitrogens is 1. The molecule has 0 fully saturated rings. The lowest BCUT2D eigenvalue weighted by Crippen LogP contribution is -2.28. The molecule has 2 rings (SSSR count). The Labute approximate surface area is 109 Å². The van der Waals surface area contributed by atoms with Gasteiger partial charge in [-0.25, -0.2) is 4.98 Å². The van der Waals surface area contributed by atoms with Crippen molar-refractivity contribution in [2.75, 3.05) is 0 Å². The number of carbonyl (C=O) groups is 1. The van der Waals surface area contributed by atoms with Gasteiger partial charge in [0.2, 0.25) is 5.89 Å². The number of oxazole rings is 1. The maximum Gasteiger partial charge on any atom is 0.315 e. The standard InChI is InChI=1S/C13H12ClNO3/c1-13(2,12(16)17)10-7-18-11(15-10)8-4-3-5-9(14)6-8/h3-7H,1-2H3,(H,16,17). The van der Waals surface area contributed by atoms with Crippen LogP contribution in [0, 0.1) is 0 Å². The Kier molecular flexibility index (Phi) is 3.13. The van der Waals surface area contributed by atoms with Gasteiger partial charge in [0, 0.05) is 10.6 Å². The molecule has 0 saturated carbocycles. The molecule has 0 atom stereocenters. The molecule has 1 aromatic carbocycles. The average molecular weight is 266 g/mol. The molecule has 0 spiro atoms. The summed E-state index contributed by atoms with van der Waals surface area (Å²) in [5, 5.41) is 9.69. The van der Waals surface area contributed by atoms with Crippen LogP contribution >= 0.6 is 11.6 Å². The van der Waals surface area contributed by atoms with E-state index in [0.29, 0.717) is 16.6 Å². The normalized spacial score (nSPS) is 11.5. The van der Waals surface area contributed by atoms with Gasteiger partial charge in [0.1, 0.15) is 11.7 Å². The van der Waals surface area contributed by atoms with E-state index in [2.05, 4.69) is 4.98 Å². The van der Waals surface area contributed by atoms with Crippen LogP contribution in [0.2, 0.25) is 5.02 Å². The van der Waals surface area contributed by atoms with Gasteiger partial charge < -0.3 is 9.52 Å². The van der Waals surface area contributed by atoms with Crippen LogP contribution in [0.25, 0.3) is 11.5 Å². The van der Waals surface area contributed by atoms with Gasteiger partial charge in [0.15, 0.2) is 0 Å². The fraction of sp³-hybridized carbons (Fsp3) is 0.231. The van der Waals surface area contributed by atoms with E-state index in [-0.39, 0.29) is 0 Å². The van der Waals surface area contributed by atoms with Crippen molar-refractivity contribution in [2.45, 2.75) is 19.3 Å². The Hall–Kier alpha value is -1.81. The van der Waals surface area contributed by atoms with E-state index in [4.69, 9.17) is 21.1 Å². The first-order valence-corrected chi connectivity index (χ1v) is 5.74. The van der Waals surface area contributed by atoms with E-state index in [1.165, 1.54) is 6.26 Å². The molecular weight excluding hydrogens is 254 g/mol. The molecule has 2 aromatic rings. The first-order valence-electron chi connectivity index (χ1n) is 5.36. The SMILES string of the molecule is CC(C)(C(=O)O)c1coc(-c2cccc(Cl)c2)n1. The number of halogens is 1. The van der Waals surface area contributed by atoms with Crippen molar-refractivity contribution in [3.63, 3.8) is 0 Å². The summed E-state index contributed by atoms with van der Waals surface area (Å²) in [6.45, 7) is 3.16. The van der Waals surface area contributed by atoms with Crippen LogP contribution in [0.3, 0.4) is 0 Å². The van der Waals surface area contributed by atoms with Crippen LogP contribution in [-0.4, -0.2) is 16.1 Å². The van der Waals surface area contributed by atoms with Crippen molar-refractivity contribution < 1.29 is 14.3 Å². The predicted molar refractivity (Wildman–Crippen MR) is 67.6 cm³/mol. The van der Waals surface area contributed by atoms with Crippen LogP contribution in [0.15, 0.2) is 34.9 Å². The third-order valence-electron chi connectivity index (χ3n) is 2.75. The fourth-order valence-electron chi connectivity index (χ4n) is 1.42. The van der Waals surface area contributed by atoms with Gasteiger partial charge in [0.25, 0.3) is 0 Å². The third kappa shape index (κ3) is 2.24. The van der Waals surface area contributed by atoms with Crippen LogP contribution in [0.5, 0.6) is 0 Å². The van der Waals surface area contributed by atoms with Gasteiger partial charge in [0.05, 0.1) is 5.69 Å². The van der Waals surface area contributed by atoms with Crippen molar-refractivity contribution in [1.82, 2.24) is 4.98 Å². The van der Waals surface area contributed by atoms with E-state index in [1.807, 2.05) is 0 Å². The minimum Gasteiger partial charge on any atom is -0.481 e. The molecular formula is C13H12ClNO3. The molecule has 0 saturated heterocycles. The highest BCUT2D eigenvalue weighted by Gasteiger charge is 2.33. The second-order valence-corrected chi connectivity index (χ2v) is 4.91. The third-order valence-corrected chi connectivity index (χ3v) is 2.99. The van der Waals surface area contributed by atoms with E-state index in [9.17, 15) is 4.79 Å². The smallest absolute Gasteiger partial charge is 0.315 e. The molecule has 5 heteroatoms. The van der Waals surface area contributed by atoms with Crippen molar-refractivity contribution in [2.24, 2.45) is 0 Å². The number of nitrogens with zero attached hydrogens (tertiary/aromatic N) is 1. The quantitative estimate of drug-likeness (QED) is 0.924. The zero-order valence-electron chi connectivity index (χ0n) is 9.98. The van der Waals surface area contributed by atoms with Crippen molar-refractivity contribution >= 4 is 17.6 Å². The van der Waals surface area contributed by atoms with Crippen LogP contribution in [0.4, 0.5) is 0 Å². The fourth-order valence-corrected chi connectivity index (χ4v) is 1.61. The molecule has 0 aliphatic heterocycles. The first kappa shape index (κ1) is 12.6. The molecule has 18 heavy (non-hydrogen) atoms. The van der Waals surface area contributed by atoms with Gasteiger partial charge in [-0.3, -0.25) is 4.79 Å². The highest BCUT2D eigenvalue weighted by molar-refractivity contribution is 6.30. The molecule has 1 N–H and O–H groups in total. The Morgan fingerprint density at radius 1 is 1.44 bits per heavy atom. The molecule has 94 valence electrons. The Bertz CT molecular complexity index is 589. The maximum absolute atomic E-state index is 11.1. The second kappa shape index (κ2) is 4.46. The van der Waals surface area contributed by atoms with E-state index < -0.39 is 11.4 Å². The zero-order chi connectivity index (χ0) is 13.3. The first-order chi connectivity index (χ1) is 8.41.